The summed E-state index contributed by atoms with van der Waals surface area (Å²) in [5.74, 6) is 0.386. The van der Waals surface area contributed by atoms with Crippen molar-refractivity contribution < 1.29 is 18.0 Å². The number of sulfonamides is 1. The van der Waals surface area contributed by atoms with Crippen molar-refractivity contribution in [3.63, 3.8) is 0 Å². The molecular formula is C22H27N3O4S2. The number of fused-ring (bicyclic) bond motifs is 1. The second kappa shape index (κ2) is 9.84. The van der Waals surface area contributed by atoms with Crippen LogP contribution >= 0.6 is 11.8 Å². The van der Waals surface area contributed by atoms with Crippen molar-refractivity contribution in [3.05, 3.63) is 53.6 Å². The fraction of sp³-hybridized carbons (Fsp3) is 0.364. The number of carbonyl (C=O) groups is 2. The molecule has 0 saturated carbocycles. The fourth-order valence-corrected chi connectivity index (χ4v) is 5.76. The van der Waals surface area contributed by atoms with Gasteiger partial charge in [-0.2, -0.15) is 4.31 Å². The Morgan fingerprint density at radius 3 is 2.48 bits per heavy atom. The van der Waals surface area contributed by atoms with E-state index in [-0.39, 0.29) is 22.8 Å². The Hall–Kier alpha value is -2.36. The molecule has 3 rings (SSSR count). The van der Waals surface area contributed by atoms with Crippen molar-refractivity contribution in [1.29, 1.82) is 0 Å². The van der Waals surface area contributed by atoms with Crippen LogP contribution in [-0.4, -0.2) is 43.4 Å². The Morgan fingerprint density at radius 2 is 1.84 bits per heavy atom. The Morgan fingerprint density at radius 1 is 1.16 bits per heavy atom. The quantitative estimate of drug-likeness (QED) is 0.656. The van der Waals surface area contributed by atoms with E-state index >= 15 is 0 Å². The van der Waals surface area contributed by atoms with Crippen molar-refractivity contribution in [2.24, 2.45) is 0 Å². The molecule has 0 radical (unpaired) electrons. The number of amides is 2. The Labute approximate surface area is 187 Å². The average molecular weight is 462 g/mol. The smallest absolute Gasteiger partial charge is 0.251 e. The predicted molar refractivity (Wildman–Crippen MR) is 123 cm³/mol. The van der Waals surface area contributed by atoms with E-state index in [2.05, 4.69) is 10.6 Å². The highest BCUT2D eigenvalue weighted by Crippen LogP contribution is 2.31. The van der Waals surface area contributed by atoms with Crippen LogP contribution in [0.25, 0.3) is 0 Å². The van der Waals surface area contributed by atoms with Crippen LogP contribution < -0.4 is 10.6 Å². The van der Waals surface area contributed by atoms with E-state index in [1.54, 1.807) is 62.0 Å². The molecule has 1 atom stereocenters. The minimum Gasteiger partial charge on any atom is -0.346 e. The molecule has 7 nitrogen and oxygen atoms in total. The van der Waals surface area contributed by atoms with Crippen LogP contribution in [0.4, 0.5) is 5.69 Å². The molecule has 0 aromatic heterocycles. The summed E-state index contributed by atoms with van der Waals surface area (Å²) in [6.07, 6.45) is 0.442. The van der Waals surface area contributed by atoms with E-state index in [1.807, 2.05) is 13.0 Å². The second-order valence-corrected chi connectivity index (χ2v) is 10.3. The molecule has 2 amide bonds. The van der Waals surface area contributed by atoms with Gasteiger partial charge >= 0.3 is 0 Å². The summed E-state index contributed by atoms with van der Waals surface area (Å²) < 4.78 is 26.7. The van der Waals surface area contributed by atoms with Crippen molar-refractivity contribution in [2.75, 3.05) is 24.2 Å². The number of benzene rings is 2. The molecule has 1 aliphatic rings. The molecule has 0 bridgehead atoms. The highest BCUT2D eigenvalue weighted by molar-refractivity contribution is 7.99. The molecule has 0 unspecified atom stereocenters. The fourth-order valence-electron chi connectivity index (χ4n) is 3.37. The minimum absolute atomic E-state index is 0.0584. The van der Waals surface area contributed by atoms with Gasteiger partial charge in [0.1, 0.15) is 0 Å². The normalized spacial score (nSPS) is 15.0. The third kappa shape index (κ3) is 5.28. The highest BCUT2D eigenvalue weighted by Gasteiger charge is 2.22. The van der Waals surface area contributed by atoms with Crippen molar-refractivity contribution in [1.82, 2.24) is 9.62 Å². The van der Waals surface area contributed by atoms with Gasteiger partial charge in [0.2, 0.25) is 15.9 Å². The number of carbonyl (C=O) groups excluding carboxylic acids is 2. The van der Waals surface area contributed by atoms with Gasteiger partial charge in [0.25, 0.3) is 5.91 Å². The Bertz CT molecular complexity index is 1060. The van der Waals surface area contributed by atoms with E-state index < -0.39 is 10.0 Å². The molecule has 0 saturated heterocycles. The molecule has 2 aromatic rings. The molecule has 9 heteroatoms. The number of thioether (sulfide) groups is 1. The second-order valence-electron chi connectivity index (χ2n) is 7.21. The van der Waals surface area contributed by atoms with E-state index in [0.717, 1.165) is 10.5 Å². The van der Waals surface area contributed by atoms with Crippen molar-refractivity contribution in [2.45, 2.75) is 43.0 Å². The zero-order valence-corrected chi connectivity index (χ0v) is 19.5. The molecule has 0 aliphatic carbocycles. The van der Waals surface area contributed by atoms with Crippen LogP contribution in [0.3, 0.4) is 0 Å². The molecule has 0 fully saturated rings. The van der Waals surface area contributed by atoms with Gasteiger partial charge in [0.05, 0.1) is 16.6 Å². The van der Waals surface area contributed by atoms with Gasteiger partial charge in [-0.05, 0) is 42.8 Å². The van der Waals surface area contributed by atoms with Crippen molar-refractivity contribution >= 4 is 39.3 Å². The lowest BCUT2D eigenvalue weighted by molar-refractivity contribution is -0.115. The number of nitrogens with zero attached hydrogens (tertiary/aromatic N) is 1. The zero-order valence-electron chi connectivity index (χ0n) is 17.8. The summed E-state index contributed by atoms with van der Waals surface area (Å²) >= 11 is 1.59. The molecule has 2 N–H and O–H groups in total. The first-order valence-corrected chi connectivity index (χ1v) is 12.7. The molecule has 1 aliphatic heterocycles. The summed E-state index contributed by atoms with van der Waals surface area (Å²) in [7, 11) is -3.52. The maximum Gasteiger partial charge on any atom is 0.251 e. The van der Waals surface area contributed by atoms with Gasteiger partial charge in [0, 0.05) is 35.7 Å². The van der Waals surface area contributed by atoms with Gasteiger partial charge in [-0.3, -0.25) is 9.59 Å². The standard InChI is InChI=1S/C22H27N3O4S2/c1-4-25(5-2)31(28,29)18-9-6-16(7-10-18)15(3)23-22(27)17-8-11-20-19(14-17)24-21(26)12-13-30-20/h6-11,14-15H,4-5,12-13H2,1-3H3,(H,23,27)(H,24,26)/t15-/m0/s1. The zero-order chi connectivity index (χ0) is 22.6. The van der Waals surface area contributed by atoms with E-state index in [4.69, 9.17) is 0 Å². The van der Waals surface area contributed by atoms with Crippen LogP contribution in [0.1, 0.15) is 49.2 Å². The lowest BCUT2D eigenvalue weighted by Crippen LogP contribution is -2.30. The Balaban J connectivity index is 1.72. The van der Waals surface area contributed by atoms with Gasteiger partial charge in [-0.15, -0.1) is 11.8 Å². The lowest BCUT2D eigenvalue weighted by atomic mass is 10.1. The van der Waals surface area contributed by atoms with Gasteiger partial charge < -0.3 is 10.6 Å². The number of hydrogen-bond donors (Lipinski definition) is 2. The number of rotatable bonds is 7. The largest absolute Gasteiger partial charge is 0.346 e. The van der Waals surface area contributed by atoms with Crippen LogP contribution in [0.5, 0.6) is 0 Å². The SMILES string of the molecule is CCN(CC)S(=O)(=O)c1ccc([C@H](C)NC(=O)c2ccc3c(c2)NC(=O)CCS3)cc1. The minimum atomic E-state index is -3.52. The third-order valence-corrected chi connectivity index (χ3v) is 8.31. The van der Waals surface area contributed by atoms with Gasteiger partial charge in [-0.1, -0.05) is 26.0 Å². The summed E-state index contributed by atoms with van der Waals surface area (Å²) in [4.78, 5) is 25.7. The number of anilines is 1. The first-order chi connectivity index (χ1) is 14.8. The summed E-state index contributed by atoms with van der Waals surface area (Å²) in [6.45, 7) is 6.27. The molecule has 31 heavy (non-hydrogen) atoms. The van der Waals surface area contributed by atoms with E-state index in [9.17, 15) is 18.0 Å². The topological polar surface area (TPSA) is 95.6 Å². The first kappa shape index (κ1) is 23.3. The summed E-state index contributed by atoms with van der Waals surface area (Å²) in [5.41, 5.74) is 1.90. The average Bonchev–Trinajstić information content (AvgIpc) is 2.94. The molecular weight excluding hydrogens is 434 g/mol. The van der Waals surface area contributed by atoms with E-state index in [1.165, 1.54) is 4.31 Å². The molecule has 2 aromatic carbocycles. The van der Waals surface area contributed by atoms with Crippen LogP contribution in [0.15, 0.2) is 52.3 Å². The number of hydrogen-bond acceptors (Lipinski definition) is 5. The number of nitrogens with one attached hydrogen (secondary N) is 2. The monoisotopic (exact) mass is 461 g/mol. The molecule has 1 heterocycles. The van der Waals surface area contributed by atoms with Crippen molar-refractivity contribution in [3.8, 4) is 0 Å². The first-order valence-electron chi connectivity index (χ1n) is 10.2. The third-order valence-electron chi connectivity index (χ3n) is 5.17. The van der Waals surface area contributed by atoms with E-state index in [0.29, 0.717) is 36.5 Å². The Kier molecular flexibility index (Phi) is 7.40. The summed E-state index contributed by atoms with van der Waals surface area (Å²) in [6, 6.07) is 11.5. The van der Waals surface area contributed by atoms with Crippen LogP contribution in [0, 0.1) is 0 Å². The van der Waals surface area contributed by atoms with Gasteiger partial charge in [-0.25, -0.2) is 8.42 Å². The maximum atomic E-state index is 12.7. The molecule has 166 valence electrons. The lowest BCUT2D eigenvalue weighted by Gasteiger charge is -2.19. The van der Waals surface area contributed by atoms with Crippen LogP contribution in [0.2, 0.25) is 0 Å². The molecule has 0 spiro atoms. The predicted octanol–water partition coefficient (Wildman–Crippen LogP) is 3.64. The van der Waals surface area contributed by atoms with Gasteiger partial charge in [0.15, 0.2) is 0 Å². The van der Waals surface area contributed by atoms with Crippen LogP contribution in [-0.2, 0) is 14.8 Å². The maximum absolute atomic E-state index is 12.7. The highest BCUT2D eigenvalue weighted by atomic mass is 32.2. The summed E-state index contributed by atoms with van der Waals surface area (Å²) in [5, 5.41) is 5.77.